The molecule has 0 unspecified atom stereocenters. The highest BCUT2D eigenvalue weighted by atomic mass is 15.2. The highest BCUT2D eigenvalue weighted by molar-refractivity contribution is 5.60. The molecule has 138 valence electrons. The minimum Gasteiger partial charge on any atom is -0.355 e. The van der Waals surface area contributed by atoms with Gasteiger partial charge >= 0.3 is 0 Å². The van der Waals surface area contributed by atoms with E-state index in [1.807, 2.05) is 27.0 Å². The van der Waals surface area contributed by atoms with Gasteiger partial charge in [-0.2, -0.15) is 0 Å². The Hall–Kier alpha value is -2.04. The fraction of sp³-hybridized carbons (Fsp3) is 0.619. The molecule has 2 aliphatic rings. The van der Waals surface area contributed by atoms with Crippen LogP contribution in [0.25, 0.3) is 11.4 Å². The lowest BCUT2D eigenvalue weighted by molar-refractivity contribution is 0.161. The maximum absolute atomic E-state index is 4.87. The van der Waals surface area contributed by atoms with Crippen LogP contribution >= 0.6 is 0 Å². The van der Waals surface area contributed by atoms with Gasteiger partial charge in [-0.15, -0.1) is 0 Å². The third-order valence-electron chi connectivity index (χ3n) is 6.67. The molecule has 26 heavy (non-hydrogen) atoms. The van der Waals surface area contributed by atoms with Crippen molar-refractivity contribution in [3.8, 4) is 11.4 Å². The van der Waals surface area contributed by atoms with Gasteiger partial charge in [-0.1, -0.05) is 19.8 Å². The van der Waals surface area contributed by atoms with Gasteiger partial charge < -0.3 is 4.90 Å². The molecule has 0 aromatic carbocycles. The number of hydrogen-bond donors (Lipinski definition) is 0. The number of rotatable bonds is 2. The van der Waals surface area contributed by atoms with Crippen molar-refractivity contribution in [3.05, 3.63) is 29.5 Å². The van der Waals surface area contributed by atoms with Gasteiger partial charge in [-0.3, -0.25) is 9.97 Å². The van der Waals surface area contributed by atoms with Crippen molar-refractivity contribution in [2.75, 3.05) is 18.0 Å². The first kappa shape index (κ1) is 17.4. The van der Waals surface area contributed by atoms with E-state index in [-0.39, 0.29) is 0 Å². The average molecular weight is 351 g/mol. The number of nitrogens with zero attached hydrogens (tertiary/aromatic N) is 5. The topological polar surface area (TPSA) is 54.8 Å². The Morgan fingerprint density at radius 2 is 1.58 bits per heavy atom. The van der Waals surface area contributed by atoms with Crippen molar-refractivity contribution in [3.63, 3.8) is 0 Å². The number of piperidine rings is 1. The van der Waals surface area contributed by atoms with Gasteiger partial charge in [0, 0.05) is 19.3 Å². The number of anilines is 1. The summed E-state index contributed by atoms with van der Waals surface area (Å²) in [5.74, 6) is 1.88. The third-order valence-corrected chi connectivity index (χ3v) is 6.67. The Balaban J connectivity index is 1.53. The van der Waals surface area contributed by atoms with E-state index >= 15 is 0 Å². The molecule has 1 atom stereocenters. The largest absolute Gasteiger partial charge is 0.355 e. The monoisotopic (exact) mass is 351 g/mol. The second-order valence-electron chi connectivity index (χ2n) is 8.25. The van der Waals surface area contributed by atoms with Gasteiger partial charge in [-0.05, 0) is 51.4 Å². The van der Waals surface area contributed by atoms with Crippen molar-refractivity contribution in [2.24, 2.45) is 11.3 Å². The molecule has 4 rings (SSSR count). The minimum absolute atomic E-state index is 0.591. The second-order valence-corrected chi connectivity index (χ2v) is 8.25. The number of aryl methyl sites for hydroxylation is 3. The van der Waals surface area contributed by atoms with Crippen LogP contribution in [-0.2, 0) is 0 Å². The highest BCUT2D eigenvalue weighted by Crippen LogP contribution is 2.50. The summed E-state index contributed by atoms with van der Waals surface area (Å²) >= 11 is 0. The van der Waals surface area contributed by atoms with E-state index in [0.29, 0.717) is 5.41 Å². The van der Waals surface area contributed by atoms with Gasteiger partial charge in [0.05, 0.1) is 23.3 Å². The van der Waals surface area contributed by atoms with E-state index < -0.39 is 0 Å². The van der Waals surface area contributed by atoms with Gasteiger partial charge in [0.15, 0.2) is 0 Å². The molecule has 2 aromatic rings. The molecule has 0 N–H and O–H groups in total. The van der Waals surface area contributed by atoms with Crippen molar-refractivity contribution in [1.29, 1.82) is 0 Å². The van der Waals surface area contributed by atoms with Gasteiger partial charge in [-0.25, -0.2) is 9.97 Å². The predicted octanol–water partition coefficient (Wildman–Crippen LogP) is 4.27. The third kappa shape index (κ3) is 2.97. The Kier molecular flexibility index (Phi) is 4.41. The van der Waals surface area contributed by atoms with E-state index in [0.717, 1.165) is 53.3 Å². The van der Waals surface area contributed by atoms with Crippen LogP contribution in [-0.4, -0.2) is 33.0 Å². The number of aromatic nitrogens is 4. The molecule has 2 fully saturated rings. The quantitative estimate of drug-likeness (QED) is 0.809. The fourth-order valence-electron chi connectivity index (χ4n) is 4.92. The summed E-state index contributed by atoms with van der Waals surface area (Å²) in [6.45, 7) is 10.6. The van der Waals surface area contributed by atoms with E-state index in [1.54, 1.807) is 6.20 Å². The molecule has 1 saturated heterocycles. The van der Waals surface area contributed by atoms with Gasteiger partial charge in [0.25, 0.3) is 0 Å². The normalized spacial score (nSPS) is 22.2. The Bertz CT molecular complexity index is 808. The van der Waals surface area contributed by atoms with E-state index in [1.165, 1.54) is 32.1 Å². The molecule has 1 aliphatic carbocycles. The average Bonchev–Trinajstić information content (AvgIpc) is 2.96. The Labute approximate surface area is 156 Å². The van der Waals surface area contributed by atoms with Crippen LogP contribution in [0.15, 0.2) is 12.4 Å². The first-order valence-corrected chi connectivity index (χ1v) is 9.88. The minimum atomic E-state index is 0.591. The summed E-state index contributed by atoms with van der Waals surface area (Å²) in [7, 11) is 0. The van der Waals surface area contributed by atoms with Crippen molar-refractivity contribution < 1.29 is 0 Å². The summed E-state index contributed by atoms with van der Waals surface area (Å²) in [5, 5.41) is 0. The molecular weight excluding hydrogens is 322 g/mol. The van der Waals surface area contributed by atoms with E-state index in [4.69, 9.17) is 9.97 Å². The van der Waals surface area contributed by atoms with Crippen LogP contribution in [0.2, 0.25) is 0 Å². The smallest absolute Gasteiger partial charge is 0.147 e. The SMILES string of the molecule is Cc1cnc(-c2ncc(N3CCC4(CCC[C@H]4C)CC3)nc2C)c(C)n1. The molecule has 0 amide bonds. The standard InChI is InChI=1S/C21H29N5/c1-14-6-5-7-21(14)8-10-26(11-9-21)18-13-23-20(17(4)25-18)19-16(3)24-15(2)12-22-19/h12-14H,5-11H2,1-4H3/t14-/m1/s1. The zero-order valence-corrected chi connectivity index (χ0v) is 16.4. The molecular formula is C21H29N5. The van der Waals surface area contributed by atoms with Crippen LogP contribution in [0.1, 0.15) is 56.1 Å². The highest BCUT2D eigenvalue weighted by Gasteiger charge is 2.42. The summed E-state index contributed by atoms with van der Waals surface area (Å²) in [4.78, 5) is 21.0. The van der Waals surface area contributed by atoms with Crippen LogP contribution in [0.3, 0.4) is 0 Å². The van der Waals surface area contributed by atoms with Crippen LogP contribution in [0.5, 0.6) is 0 Å². The van der Waals surface area contributed by atoms with Gasteiger partial charge in [0.1, 0.15) is 17.2 Å². The van der Waals surface area contributed by atoms with Crippen LogP contribution in [0, 0.1) is 32.1 Å². The zero-order chi connectivity index (χ0) is 18.3. The molecule has 1 saturated carbocycles. The maximum Gasteiger partial charge on any atom is 0.147 e. The summed E-state index contributed by atoms with van der Waals surface area (Å²) < 4.78 is 0. The molecule has 0 bridgehead atoms. The molecule has 2 aromatic heterocycles. The van der Waals surface area contributed by atoms with E-state index in [2.05, 4.69) is 21.8 Å². The Morgan fingerprint density at radius 1 is 0.923 bits per heavy atom. The zero-order valence-electron chi connectivity index (χ0n) is 16.4. The summed E-state index contributed by atoms with van der Waals surface area (Å²) in [6, 6.07) is 0. The van der Waals surface area contributed by atoms with Gasteiger partial charge in [0.2, 0.25) is 0 Å². The lowest BCUT2D eigenvalue weighted by Gasteiger charge is -2.42. The second kappa shape index (κ2) is 6.60. The lowest BCUT2D eigenvalue weighted by Crippen LogP contribution is -2.41. The van der Waals surface area contributed by atoms with Crippen LogP contribution < -0.4 is 4.90 Å². The first-order valence-electron chi connectivity index (χ1n) is 9.88. The molecule has 5 nitrogen and oxygen atoms in total. The van der Waals surface area contributed by atoms with Crippen molar-refractivity contribution in [1.82, 2.24) is 19.9 Å². The molecule has 1 spiro atoms. The Morgan fingerprint density at radius 3 is 2.15 bits per heavy atom. The van der Waals surface area contributed by atoms with Crippen LogP contribution in [0.4, 0.5) is 5.82 Å². The molecule has 0 radical (unpaired) electrons. The number of hydrogen-bond acceptors (Lipinski definition) is 5. The summed E-state index contributed by atoms with van der Waals surface area (Å²) in [6.07, 6.45) is 10.5. The van der Waals surface area contributed by atoms with Crippen molar-refractivity contribution in [2.45, 2.75) is 59.8 Å². The fourth-order valence-corrected chi connectivity index (χ4v) is 4.92. The lowest BCUT2D eigenvalue weighted by atomic mass is 9.71. The molecule has 5 heteroatoms. The molecule has 3 heterocycles. The van der Waals surface area contributed by atoms with Crippen molar-refractivity contribution >= 4 is 5.82 Å². The first-order chi connectivity index (χ1) is 12.5. The summed E-state index contributed by atoms with van der Waals surface area (Å²) in [5.41, 5.74) is 5.04. The predicted molar refractivity (Wildman–Crippen MR) is 104 cm³/mol. The maximum atomic E-state index is 4.87. The van der Waals surface area contributed by atoms with E-state index in [9.17, 15) is 0 Å². The molecule has 1 aliphatic heterocycles.